The van der Waals surface area contributed by atoms with E-state index in [0.717, 1.165) is 6.42 Å². The predicted octanol–water partition coefficient (Wildman–Crippen LogP) is 0.320. The zero-order valence-corrected chi connectivity index (χ0v) is 11.7. The molecule has 0 saturated carbocycles. The minimum atomic E-state index is -3.80. The highest BCUT2D eigenvalue weighted by Crippen LogP contribution is 2.28. The van der Waals surface area contributed by atoms with E-state index in [1.165, 1.54) is 11.2 Å². The fourth-order valence-electron chi connectivity index (χ4n) is 2.44. The SMILES string of the molecule is Cc1noc(C)c1S(=O)(=O)N1CCCC[C@H]1C(N)=O. The van der Waals surface area contributed by atoms with Crippen LogP contribution in [0.1, 0.15) is 30.7 Å². The molecule has 0 aliphatic carbocycles. The topological polar surface area (TPSA) is 106 Å². The van der Waals surface area contributed by atoms with Gasteiger partial charge in [-0.05, 0) is 26.7 Å². The molecule has 1 fully saturated rings. The summed E-state index contributed by atoms with van der Waals surface area (Å²) >= 11 is 0. The van der Waals surface area contributed by atoms with Crippen LogP contribution in [0.25, 0.3) is 0 Å². The molecule has 0 aromatic carbocycles. The molecule has 1 amide bonds. The number of hydrogen-bond acceptors (Lipinski definition) is 5. The van der Waals surface area contributed by atoms with Gasteiger partial charge in [0.25, 0.3) is 0 Å². The van der Waals surface area contributed by atoms with Gasteiger partial charge in [-0.3, -0.25) is 4.79 Å². The van der Waals surface area contributed by atoms with Crippen LogP contribution in [0.2, 0.25) is 0 Å². The molecule has 1 aliphatic heterocycles. The molecule has 1 aromatic heterocycles. The van der Waals surface area contributed by atoms with Crippen molar-refractivity contribution in [1.29, 1.82) is 0 Å². The summed E-state index contributed by atoms with van der Waals surface area (Å²) in [5, 5.41) is 3.65. The molecule has 1 saturated heterocycles. The molecular formula is C11H17N3O4S. The van der Waals surface area contributed by atoms with Gasteiger partial charge in [0.05, 0.1) is 0 Å². The van der Waals surface area contributed by atoms with E-state index in [2.05, 4.69) is 5.16 Å². The summed E-state index contributed by atoms with van der Waals surface area (Å²) in [7, 11) is -3.80. The average molecular weight is 287 g/mol. The summed E-state index contributed by atoms with van der Waals surface area (Å²) in [4.78, 5) is 11.5. The number of nitrogens with two attached hydrogens (primary N) is 1. The molecule has 0 spiro atoms. The molecular weight excluding hydrogens is 270 g/mol. The number of aromatic nitrogens is 1. The van der Waals surface area contributed by atoms with Gasteiger partial charge < -0.3 is 10.3 Å². The van der Waals surface area contributed by atoms with Gasteiger partial charge in [0, 0.05) is 6.54 Å². The van der Waals surface area contributed by atoms with Crippen LogP contribution in [-0.2, 0) is 14.8 Å². The molecule has 106 valence electrons. The Labute approximate surface area is 111 Å². The lowest BCUT2D eigenvalue weighted by Crippen LogP contribution is -2.50. The molecule has 0 unspecified atom stereocenters. The molecule has 1 aromatic rings. The number of sulfonamides is 1. The summed E-state index contributed by atoms with van der Waals surface area (Å²) < 4.78 is 31.3. The number of rotatable bonds is 3. The first-order valence-electron chi connectivity index (χ1n) is 6.09. The molecule has 2 heterocycles. The second-order valence-electron chi connectivity index (χ2n) is 4.68. The quantitative estimate of drug-likeness (QED) is 0.861. The van der Waals surface area contributed by atoms with Gasteiger partial charge in [0.1, 0.15) is 16.6 Å². The fourth-order valence-corrected chi connectivity index (χ4v) is 4.40. The van der Waals surface area contributed by atoms with Crippen molar-refractivity contribution in [2.45, 2.75) is 44.0 Å². The van der Waals surface area contributed by atoms with Crippen molar-refractivity contribution in [2.75, 3.05) is 6.54 Å². The Morgan fingerprint density at radius 3 is 2.63 bits per heavy atom. The van der Waals surface area contributed by atoms with Gasteiger partial charge in [-0.1, -0.05) is 11.6 Å². The number of aryl methyl sites for hydroxylation is 2. The highest BCUT2D eigenvalue weighted by atomic mass is 32.2. The third kappa shape index (κ3) is 2.37. The van der Waals surface area contributed by atoms with Crippen LogP contribution in [0.4, 0.5) is 0 Å². The monoisotopic (exact) mass is 287 g/mol. The number of primary amides is 1. The van der Waals surface area contributed by atoms with E-state index in [1.54, 1.807) is 6.92 Å². The summed E-state index contributed by atoms with van der Waals surface area (Å²) in [6.07, 6.45) is 1.96. The molecule has 0 radical (unpaired) electrons. The van der Waals surface area contributed by atoms with Gasteiger partial charge in [0.15, 0.2) is 5.76 Å². The standard InChI is InChI=1S/C11H17N3O4S/c1-7-10(8(2)18-13-7)19(16,17)14-6-4-3-5-9(14)11(12)15/h9H,3-6H2,1-2H3,(H2,12,15)/t9-/m0/s1. The van der Waals surface area contributed by atoms with Crippen LogP contribution in [0, 0.1) is 13.8 Å². The number of nitrogens with zero attached hydrogens (tertiary/aromatic N) is 2. The van der Waals surface area contributed by atoms with E-state index < -0.39 is 22.0 Å². The number of carbonyl (C=O) groups excluding carboxylic acids is 1. The Hall–Kier alpha value is -1.41. The van der Waals surface area contributed by atoms with E-state index in [0.29, 0.717) is 25.1 Å². The first kappa shape index (κ1) is 14.0. The number of hydrogen-bond donors (Lipinski definition) is 1. The van der Waals surface area contributed by atoms with Crippen LogP contribution < -0.4 is 5.73 Å². The largest absolute Gasteiger partial charge is 0.368 e. The average Bonchev–Trinajstić information content (AvgIpc) is 2.69. The molecule has 1 atom stereocenters. The van der Waals surface area contributed by atoms with Crippen molar-refractivity contribution in [2.24, 2.45) is 5.73 Å². The first-order chi connectivity index (χ1) is 8.85. The Balaban J connectivity index is 2.46. The number of carbonyl (C=O) groups is 1. The second kappa shape index (κ2) is 4.93. The maximum absolute atomic E-state index is 12.6. The lowest BCUT2D eigenvalue weighted by molar-refractivity contribution is -0.122. The molecule has 19 heavy (non-hydrogen) atoms. The van der Waals surface area contributed by atoms with Gasteiger partial charge in [-0.25, -0.2) is 8.42 Å². The lowest BCUT2D eigenvalue weighted by atomic mass is 10.0. The van der Waals surface area contributed by atoms with Gasteiger partial charge in [-0.2, -0.15) is 4.31 Å². The van der Waals surface area contributed by atoms with Gasteiger partial charge in [-0.15, -0.1) is 0 Å². The summed E-state index contributed by atoms with van der Waals surface area (Å²) in [6, 6.07) is -0.785. The van der Waals surface area contributed by atoms with Crippen molar-refractivity contribution in [3.05, 3.63) is 11.5 Å². The Kier molecular flexibility index (Phi) is 3.64. The van der Waals surface area contributed by atoms with E-state index in [4.69, 9.17) is 10.3 Å². The van der Waals surface area contributed by atoms with Gasteiger partial charge in [0.2, 0.25) is 15.9 Å². The molecule has 0 bridgehead atoms. The zero-order chi connectivity index (χ0) is 14.2. The zero-order valence-electron chi connectivity index (χ0n) is 10.9. The minimum Gasteiger partial charge on any atom is -0.368 e. The lowest BCUT2D eigenvalue weighted by Gasteiger charge is -2.32. The Bertz CT molecular complexity index is 574. The van der Waals surface area contributed by atoms with E-state index in [9.17, 15) is 13.2 Å². The number of piperidine rings is 1. The van der Waals surface area contributed by atoms with Crippen LogP contribution in [-0.4, -0.2) is 36.4 Å². The molecule has 1 aliphatic rings. The Morgan fingerprint density at radius 1 is 1.42 bits per heavy atom. The first-order valence-corrected chi connectivity index (χ1v) is 7.53. The van der Waals surface area contributed by atoms with E-state index in [1.807, 2.05) is 0 Å². The molecule has 2 rings (SSSR count). The fraction of sp³-hybridized carbons (Fsp3) is 0.636. The maximum atomic E-state index is 12.6. The second-order valence-corrected chi connectivity index (χ2v) is 6.51. The summed E-state index contributed by atoms with van der Waals surface area (Å²) in [6.45, 7) is 3.39. The van der Waals surface area contributed by atoms with Crippen LogP contribution in [0.15, 0.2) is 9.42 Å². The maximum Gasteiger partial charge on any atom is 0.249 e. The van der Waals surface area contributed by atoms with E-state index >= 15 is 0 Å². The van der Waals surface area contributed by atoms with Crippen LogP contribution in [0.5, 0.6) is 0 Å². The van der Waals surface area contributed by atoms with Crippen molar-refractivity contribution in [3.8, 4) is 0 Å². The molecule has 2 N–H and O–H groups in total. The summed E-state index contributed by atoms with van der Waals surface area (Å²) in [5.74, 6) is -0.388. The van der Waals surface area contributed by atoms with Crippen LogP contribution in [0.3, 0.4) is 0 Å². The van der Waals surface area contributed by atoms with Gasteiger partial charge >= 0.3 is 0 Å². The third-order valence-electron chi connectivity index (χ3n) is 3.32. The minimum absolute atomic E-state index is 0.0423. The normalized spacial score (nSPS) is 21.5. The predicted molar refractivity (Wildman–Crippen MR) is 66.7 cm³/mol. The van der Waals surface area contributed by atoms with Crippen molar-refractivity contribution in [1.82, 2.24) is 9.46 Å². The van der Waals surface area contributed by atoms with Crippen molar-refractivity contribution < 1.29 is 17.7 Å². The molecule has 8 heteroatoms. The summed E-state index contributed by atoms with van der Waals surface area (Å²) in [5.41, 5.74) is 5.60. The van der Waals surface area contributed by atoms with E-state index in [-0.39, 0.29) is 10.7 Å². The smallest absolute Gasteiger partial charge is 0.249 e. The Morgan fingerprint density at radius 2 is 2.11 bits per heavy atom. The highest BCUT2D eigenvalue weighted by Gasteiger charge is 2.39. The highest BCUT2D eigenvalue weighted by molar-refractivity contribution is 7.89. The third-order valence-corrected chi connectivity index (χ3v) is 5.47. The van der Waals surface area contributed by atoms with Crippen molar-refractivity contribution >= 4 is 15.9 Å². The molecule has 7 nitrogen and oxygen atoms in total. The van der Waals surface area contributed by atoms with Crippen molar-refractivity contribution in [3.63, 3.8) is 0 Å². The van der Waals surface area contributed by atoms with Crippen LogP contribution >= 0.6 is 0 Å². The number of amides is 1.